The standard InChI is InChI=1S/C15H21FO2/c16-13-8-6-5-7-12(13)11-18-15-10-4-2-1-3-9-14(15)17/h5-8,14-15,17H,1-4,9-11H2. The SMILES string of the molecule is OC1CCCCCCC1OCc1ccccc1F. The molecule has 0 saturated heterocycles. The minimum absolute atomic E-state index is 0.148. The number of hydrogen-bond donors (Lipinski definition) is 1. The van der Waals surface area contributed by atoms with Crippen molar-refractivity contribution in [1.29, 1.82) is 0 Å². The molecule has 1 aromatic carbocycles. The van der Waals surface area contributed by atoms with E-state index in [4.69, 9.17) is 4.74 Å². The number of ether oxygens (including phenoxy) is 1. The number of aliphatic hydroxyl groups is 1. The zero-order valence-electron chi connectivity index (χ0n) is 10.6. The van der Waals surface area contributed by atoms with Gasteiger partial charge in [0, 0.05) is 5.56 Å². The molecule has 0 spiro atoms. The fourth-order valence-electron chi connectivity index (χ4n) is 2.44. The van der Waals surface area contributed by atoms with Crippen LogP contribution < -0.4 is 0 Å². The molecular formula is C15H21FO2. The minimum Gasteiger partial charge on any atom is -0.390 e. The highest BCUT2D eigenvalue weighted by Crippen LogP contribution is 2.21. The third-order valence-electron chi connectivity index (χ3n) is 3.58. The van der Waals surface area contributed by atoms with Crippen LogP contribution in [0.25, 0.3) is 0 Å². The third-order valence-corrected chi connectivity index (χ3v) is 3.58. The van der Waals surface area contributed by atoms with E-state index in [9.17, 15) is 9.50 Å². The van der Waals surface area contributed by atoms with Gasteiger partial charge in [0.05, 0.1) is 18.8 Å². The smallest absolute Gasteiger partial charge is 0.128 e. The molecule has 2 unspecified atom stereocenters. The van der Waals surface area contributed by atoms with Crippen molar-refractivity contribution in [2.45, 2.75) is 57.3 Å². The van der Waals surface area contributed by atoms with E-state index in [1.807, 2.05) is 0 Å². The Morgan fingerprint density at radius 2 is 1.83 bits per heavy atom. The van der Waals surface area contributed by atoms with Crippen LogP contribution in [0.5, 0.6) is 0 Å². The lowest BCUT2D eigenvalue weighted by atomic mass is 9.96. The molecule has 1 aliphatic carbocycles. The maximum atomic E-state index is 13.4. The molecule has 100 valence electrons. The quantitative estimate of drug-likeness (QED) is 0.893. The molecule has 0 radical (unpaired) electrons. The molecule has 3 heteroatoms. The second-order valence-corrected chi connectivity index (χ2v) is 5.00. The Morgan fingerprint density at radius 1 is 1.11 bits per heavy atom. The van der Waals surface area contributed by atoms with Crippen LogP contribution in [-0.4, -0.2) is 17.3 Å². The highest BCUT2D eigenvalue weighted by molar-refractivity contribution is 5.16. The van der Waals surface area contributed by atoms with Crippen molar-refractivity contribution in [2.75, 3.05) is 0 Å². The Morgan fingerprint density at radius 3 is 2.61 bits per heavy atom. The fraction of sp³-hybridized carbons (Fsp3) is 0.600. The lowest BCUT2D eigenvalue weighted by molar-refractivity contribution is -0.0578. The summed E-state index contributed by atoms with van der Waals surface area (Å²) in [5.41, 5.74) is 0.562. The summed E-state index contributed by atoms with van der Waals surface area (Å²) in [7, 11) is 0. The van der Waals surface area contributed by atoms with Crippen LogP contribution in [0.1, 0.15) is 44.1 Å². The molecule has 2 rings (SSSR count). The second-order valence-electron chi connectivity index (χ2n) is 5.00. The molecule has 0 heterocycles. The van der Waals surface area contributed by atoms with Gasteiger partial charge in [-0.1, -0.05) is 43.9 Å². The van der Waals surface area contributed by atoms with E-state index in [2.05, 4.69) is 0 Å². The average Bonchev–Trinajstić information content (AvgIpc) is 2.35. The van der Waals surface area contributed by atoms with Gasteiger partial charge < -0.3 is 9.84 Å². The summed E-state index contributed by atoms with van der Waals surface area (Å²) >= 11 is 0. The van der Waals surface area contributed by atoms with Gasteiger partial charge in [-0.15, -0.1) is 0 Å². The number of hydrogen-bond acceptors (Lipinski definition) is 2. The van der Waals surface area contributed by atoms with Gasteiger partial charge in [0.15, 0.2) is 0 Å². The molecule has 0 amide bonds. The van der Waals surface area contributed by atoms with Crippen LogP contribution in [0, 0.1) is 5.82 Å². The molecule has 2 nitrogen and oxygen atoms in total. The summed E-state index contributed by atoms with van der Waals surface area (Å²) in [6.07, 6.45) is 5.64. The van der Waals surface area contributed by atoms with Crippen LogP contribution in [0.15, 0.2) is 24.3 Å². The minimum atomic E-state index is -0.405. The number of aliphatic hydroxyl groups excluding tert-OH is 1. The zero-order chi connectivity index (χ0) is 12.8. The first-order chi connectivity index (χ1) is 8.77. The van der Waals surface area contributed by atoms with E-state index in [0.29, 0.717) is 5.56 Å². The van der Waals surface area contributed by atoms with Crippen LogP contribution in [-0.2, 0) is 11.3 Å². The highest BCUT2D eigenvalue weighted by atomic mass is 19.1. The molecule has 1 fully saturated rings. The molecule has 1 saturated carbocycles. The van der Waals surface area contributed by atoms with E-state index in [1.165, 1.54) is 18.9 Å². The van der Waals surface area contributed by atoms with Crippen LogP contribution in [0.3, 0.4) is 0 Å². The van der Waals surface area contributed by atoms with Crippen LogP contribution >= 0.6 is 0 Å². The van der Waals surface area contributed by atoms with Crippen molar-refractivity contribution in [1.82, 2.24) is 0 Å². The predicted molar refractivity (Wildman–Crippen MR) is 68.7 cm³/mol. The Hall–Kier alpha value is -0.930. The Balaban J connectivity index is 1.89. The van der Waals surface area contributed by atoms with E-state index < -0.39 is 6.10 Å². The lowest BCUT2D eigenvalue weighted by Gasteiger charge is -2.25. The molecule has 1 N–H and O–H groups in total. The first-order valence-electron chi connectivity index (χ1n) is 6.80. The lowest BCUT2D eigenvalue weighted by Crippen LogP contribution is -2.30. The van der Waals surface area contributed by atoms with E-state index in [1.54, 1.807) is 18.2 Å². The highest BCUT2D eigenvalue weighted by Gasteiger charge is 2.21. The van der Waals surface area contributed by atoms with Gasteiger partial charge in [-0.05, 0) is 18.9 Å². The summed E-state index contributed by atoms with van der Waals surface area (Å²) in [6.45, 7) is 0.244. The Bertz CT molecular complexity index is 367. The van der Waals surface area contributed by atoms with Crippen molar-refractivity contribution in [3.8, 4) is 0 Å². The normalized spacial score (nSPS) is 25.4. The van der Waals surface area contributed by atoms with Crippen LogP contribution in [0.2, 0.25) is 0 Å². The summed E-state index contributed by atoms with van der Waals surface area (Å²) in [6, 6.07) is 6.64. The van der Waals surface area contributed by atoms with E-state index >= 15 is 0 Å². The van der Waals surface area contributed by atoms with Gasteiger partial charge in [0.25, 0.3) is 0 Å². The number of benzene rings is 1. The molecule has 2 atom stereocenters. The Kier molecular flexibility index (Phi) is 5.14. The summed E-state index contributed by atoms with van der Waals surface area (Å²) in [5, 5.41) is 10.0. The molecule has 0 aliphatic heterocycles. The van der Waals surface area contributed by atoms with Gasteiger partial charge in [0.1, 0.15) is 5.82 Å². The molecule has 18 heavy (non-hydrogen) atoms. The zero-order valence-corrected chi connectivity index (χ0v) is 10.6. The number of rotatable bonds is 3. The van der Waals surface area contributed by atoms with Crippen molar-refractivity contribution < 1.29 is 14.2 Å². The van der Waals surface area contributed by atoms with Gasteiger partial charge >= 0.3 is 0 Å². The summed E-state index contributed by atoms with van der Waals surface area (Å²) in [5.74, 6) is -0.238. The maximum Gasteiger partial charge on any atom is 0.128 e. The number of halogens is 1. The second kappa shape index (κ2) is 6.86. The van der Waals surface area contributed by atoms with Crippen molar-refractivity contribution in [2.24, 2.45) is 0 Å². The van der Waals surface area contributed by atoms with Crippen molar-refractivity contribution in [3.05, 3.63) is 35.6 Å². The Labute approximate surface area is 108 Å². The molecule has 1 aliphatic rings. The maximum absolute atomic E-state index is 13.4. The van der Waals surface area contributed by atoms with Crippen molar-refractivity contribution in [3.63, 3.8) is 0 Å². The average molecular weight is 252 g/mol. The molecule has 1 aromatic rings. The molecule has 0 aromatic heterocycles. The predicted octanol–water partition coefficient (Wildman–Crippen LogP) is 3.43. The van der Waals surface area contributed by atoms with E-state index in [-0.39, 0.29) is 18.5 Å². The largest absolute Gasteiger partial charge is 0.390 e. The monoisotopic (exact) mass is 252 g/mol. The topological polar surface area (TPSA) is 29.5 Å². The molecule has 0 bridgehead atoms. The third kappa shape index (κ3) is 3.79. The van der Waals surface area contributed by atoms with Gasteiger partial charge in [-0.3, -0.25) is 0 Å². The van der Waals surface area contributed by atoms with E-state index in [0.717, 1.165) is 25.7 Å². The van der Waals surface area contributed by atoms with Crippen molar-refractivity contribution >= 4 is 0 Å². The van der Waals surface area contributed by atoms with Gasteiger partial charge in [0.2, 0.25) is 0 Å². The van der Waals surface area contributed by atoms with Gasteiger partial charge in [-0.25, -0.2) is 4.39 Å². The van der Waals surface area contributed by atoms with Crippen LogP contribution in [0.4, 0.5) is 4.39 Å². The fourth-order valence-corrected chi connectivity index (χ4v) is 2.44. The first kappa shape index (κ1) is 13.5. The summed E-state index contributed by atoms with van der Waals surface area (Å²) in [4.78, 5) is 0. The molecular weight excluding hydrogens is 231 g/mol. The summed E-state index contributed by atoms with van der Waals surface area (Å²) < 4.78 is 19.2. The first-order valence-corrected chi connectivity index (χ1v) is 6.80. The van der Waals surface area contributed by atoms with Gasteiger partial charge in [-0.2, -0.15) is 0 Å².